The average Bonchev–Trinajstić information content (AvgIpc) is 2.85. The van der Waals surface area contributed by atoms with Crippen molar-refractivity contribution in [2.45, 2.75) is 25.2 Å². The third kappa shape index (κ3) is 6.55. The number of anilines is 1. The molecule has 0 fully saturated rings. The number of nitrogens with one attached hydrogen (secondary N) is 1. The van der Waals surface area contributed by atoms with Crippen LogP contribution in [0.25, 0.3) is 0 Å². The van der Waals surface area contributed by atoms with Crippen LogP contribution in [0.3, 0.4) is 0 Å². The molecule has 0 saturated carbocycles. The largest absolute Gasteiger partial charge is 0.355 e. The van der Waals surface area contributed by atoms with Crippen molar-refractivity contribution in [1.82, 2.24) is 5.32 Å². The van der Waals surface area contributed by atoms with Gasteiger partial charge in [-0.05, 0) is 23.3 Å². The first-order valence-corrected chi connectivity index (χ1v) is 10.8. The molecule has 0 heterocycles. The van der Waals surface area contributed by atoms with Gasteiger partial charge in [0.05, 0.1) is 12.5 Å². The second kappa shape index (κ2) is 12.1. The normalized spacial score (nSPS) is 10.4. The van der Waals surface area contributed by atoms with Gasteiger partial charge in [-0.2, -0.15) is 5.26 Å². The van der Waals surface area contributed by atoms with Gasteiger partial charge in [0.25, 0.3) is 0 Å². The monoisotopic (exact) mass is 425 g/mol. The predicted molar refractivity (Wildman–Crippen MR) is 126 cm³/mol. The molecule has 0 atom stereocenters. The molecule has 3 rings (SSSR count). The maximum atomic E-state index is 12.8. The first-order chi connectivity index (χ1) is 15.7. The van der Waals surface area contributed by atoms with Crippen molar-refractivity contribution in [1.29, 1.82) is 5.26 Å². The zero-order valence-electron chi connectivity index (χ0n) is 18.0. The Hall–Kier alpha value is -3.91. The summed E-state index contributed by atoms with van der Waals surface area (Å²) in [5.74, 6) is -0.290. The van der Waals surface area contributed by atoms with Gasteiger partial charge in [-0.1, -0.05) is 78.9 Å². The lowest BCUT2D eigenvalue weighted by molar-refractivity contribution is -0.125. The van der Waals surface area contributed by atoms with Crippen LogP contribution in [-0.2, 0) is 9.59 Å². The van der Waals surface area contributed by atoms with Crippen LogP contribution in [0.1, 0.15) is 36.3 Å². The summed E-state index contributed by atoms with van der Waals surface area (Å²) in [6.07, 6.45) is 0.432. The number of nitrogens with zero attached hydrogens (tertiary/aromatic N) is 2. The number of carbonyl (C=O) groups excluding carboxylic acids is 2. The first-order valence-electron chi connectivity index (χ1n) is 10.8. The van der Waals surface area contributed by atoms with Gasteiger partial charge in [0, 0.05) is 37.5 Å². The van der Waals surface area contributed by atoms with Gasteiger partial charge >= 0.3 is 0 Å². The molecule has 162 valence electrons. The van der Waals surface area contributed by atoms with Gasteiger partial charge in [-0.15, -0.1) is 0 Å². The van der Waals surface area contributed by atoms with Crippen LogP contribution in [0, 0.1) is 11.3 Å². The Morgan fingerprint density at radius 3 is 1.88 bits per heavy atom. The highest BCUT2D eigenvalue weighted by Gasteiger charge is 2.18. The molecule has 2 amide bonds. The van der Waals surface area contributed by atoms with Crippen molar-refractivity contribution in [3.05, 3.63) is 102 Å². The summed E-state index contributed by atoms with van der Waals surface area (Å²) in [7, 11) is 0. The van der Waals surface area contributed by atoms with Gasteiger partial charge in [-0.3, -0.25) is 9.59 Å². The molecule has 0 bridgehead atoms. The van der Waals surface area contributed by atoms with Crippen LogP contribution < -0.4 is 10.2 Å². The Kier molecular flexibility index (Phi) is 8.59. The van der Waals surface area contributed by atoms with Crippen LogP contribution in [-0.4, -0.2) is 24.9 Å². The summed E-state index contributed by atoms with van der Waals surface area (Å²) in [5.41, 5.74) is 2.99. The Morgan fingerprint density at radius 1 is 0.812 bits per heavy atom. The molecule has 0 aliphatic carbocycles. The van der Waals surface area contributed by atoms with Crippen LogP contribution in [0.2, 0.25) is 0 Å². The Morgan fingerprint density at radius 2 is 1.34 bits per heavy atom. The number of carbonyl (C=O) groups is 2. The molecule has 0 aromatic heterocycles. The van der Waals surface area contributed by atoms with Gasteiger partial charge in [0.15, 0.2) is 0 Å². The fourth-order valence-electron chi connectivity index (χ4n) is 3.63. The molecule has 0 unspecified atom stereocenters. The summed E-state index contributed by atoms with van der Waals surface area (Å²) < 4.78 is 0. The van der Waals surface area contributed by atoms with Crippen LogP contribution in [0.15, 0.2) is 91.0 Å². The van der Waals surface area contributed by atoms with Crippen LogP contribution in [0.5, 0.6) is 0 Å². The van der Waals surface area contributed by atoms with E-state index in [1.807, 2.05) is 66.7 Å². The van der Waals surface area contributed by atoms with E-state index in [9.17, 15) is 9.59 Å². The van der Waals surface area contributed by atoms with Crippen molar-refractivity contribution in [3.8, 4) is 6.07 Å². The highest BCUT2D eigenvalue weighted by molar-refractivity contribution is 5.95. The van der Waals surface area contributed by atoms with E-state index in [2.05, 4.69) is 35.7 Å². The topological polar surface area (TPSA) is 73.2 Å². The summed E-state index contributed by atoms with van der Waals surface area (Å²) in [5, 5.41) is 11.9. The summed E-state index contributed by atoms with van der Waals surface area (Å²) in [6.45, 7) is 0.767. The van der Waals surface area contributed by atoms with E-state index in [1.165, 1.54) is 0 Å². The van der Waals surface area contributed by atoms with E-state index in [0.717, 1.165) is 16.8 Å². The number of amides is 2. The number of rotatable bonds is 10. The maximum Gasteiger partial charge on any atom is 0.227 e. The van der Waals surface area contributed by atoms with E-state index < -0.39 is 0 Å². The number of hydrogen-bond donors (Lipinski definition) is 1. The number of benzene rings is 3. The van der Waals surface area contributed by atoms with Crippen molar-refractivity contribution in [3.63, 3.8) is 0 Å². The lowest BCUT2D eigenvalue weighted by Crippen LogP contribution is -2.34. The van der Waals surface area contributed by atoms with E-state index >= 15 is 0 Å². The molecule has 0 saturated heterocycles. The third-order valence-electron chi connectivity index (χ3n) is 5.29. The Labute approximate surface area is 189 Å². The molecule has 5 nitrogen and oxygen atoms in total. The number of hydrogen-bond acceptors (Lipinski definition) is 3. The summed E-state index contributed by atoms with van der Waals surface area (Å²) in [6, 6.07) is 31.5. The van der Waals surface area contributed by atoms with Gasteiger partial charge < -0.3 is 10.2 Å². The Balaban J connectivity index is 1.59. The second-order valence-corrected chi connectivity index (χ2v) is 7.47. The standard InChI is InChI=1S/C27H27N3O2/c28-19-10-20-30(24-15-8-3-9-16-24)27(32)18-17-26(31)29-21-25(22-11-4-1-5-12-22)23-13-6-2-7-14-23/h1-9,11-16,25H,10,17-18,20-21H2,(H,29,31). The summed E-state index contributed by atoms with van der Waals surface area (Å²) >= 11 is 0. The number of nitriles is 1. The van der Waals surface area contributed by atoms with E-state index in [-0.39, 0.29) is 37.0 Å². The van der Waals surface area contributed by atoms with Crippen molar-refractivity contribution in [2.24, 2.45) is 0 Å². The van der Waals surface area contributed by atoms with Gasteiger partial charge in [0.2, 0.25) is 11.8 Å². The maximum absolute atomic E-state index is 12.8. The smallest absolute Gasteiger partial charge is 0.227 e. The molecular weight excluding hydrogens is 398 g/mol. The minimum absolute atomic E-state index is 0.0356. The Bertz CT molecular complexity index is 991. The summed E-state index contributed by atoms with van der Waals surface area (Å²) in [4.78, 5) is 26.9. The fourth-order valence-corrected chi connectivity index (χ4v) is 3.63. The predicted octanol–water partition coefficient (Wildman–Crippen LogP) is 4.66. The third-order valence-corrected chi connectivity index (χ3v) is 5.29. The van der Waals surface area contributed by atoms with Crippen LogP contribution >= 0.6 is 0 Å². The van der Waals surface area contributed by atoms with Gasteiger partial charge in [-0.25, -0.2) is 0 Å². The first kappa shape index (κ1) is 22.8. The lowest BCUT2D eigenvalue weighted by atomic mass is 9.91. The molecule has 3 aromatic carbocycles. The van der Waals surface area contributed by atoms with Crippen molar-refractivity contribution in [2.75, 3.05) is 18.0 Å². The highest BCUT2D eigenvalue weighted by Crippen LogP contribution is 2.23. The van der Waals surface area contributed by atoms with Crippen LogP contribution in [0.4, 0.5) is 5.69 Å². The zero-order valence-corrected chi connectivity index (χ0v) is 18.0. The molecular formula is C27H27N3O2. The molecule has 0 spiro atoms. The zero-order chi connectivity index (χ0) is 22.6. The molecule has 1 N–H and O–H groups in total. The fraction of sp³-hybridized carbons (Fsp3) is 0.222. The van der Waals surface area contributed by atoms with Crippen molar-refractivity contribution < 1.29 is 9.59 Å². The lowest BCUT2D eigenvalue weighted by Gasteiger charge is -2.22. The molecule has 32 heavy (non-hydrogen) atoms. The molecule has 0 radical (unpaired) electrons. The molecule has 0 aliphatic heterocycles. The highest BCUT2D eigenvalue weighted by atomic mass is 16.2. The minimum atomic E-state index is -0.163. The molecule has 3 aromatic rings. The molecule has 0 aliphatic rings. The van der Waals surface area contributed by atoms with E-state index in [1.54, 1.807) is 4.90 Å². The quantitative estimate of drug-likeness (QED) is 0.513. The average molecular weight is 426 g/mol. The van der Waals surface area contributed by atoms with E-state index in [0.29, 0.717) is 13.1 Å². The van der Waals surface area contributed by atoms with Crippen molar-refractivity contribution >= 4 is 17.5 Å². The van der Waals surface area contributed by atoms with E-state index in [4.69, 9.17) is 5.26 Å². The second-order valence-electron chi connectivity index (χ2n) is 7.47. The molecule has 5 heteroatoms. The minimum Gasteiger partial charge on any atom is -0.355 e. The number of para-hydroxylation sites is 1. The SMILES string of the molecule is N#CCCN(C(=O)CCC(=O)NCC(c1ccccc1)c1ccccc1)c1ccccc1. The van der Waals surface area contributed by atoms with Gasteiger partial charge in [0.1, 0.15) is 0 Å².